The first kappa shape index (κ1) is 17.4. The van der Waals surface area contributed by atoms with Crippen molar-refractivity contribution in [2.24, 2.45) is 11.1 Å². The van der Waals surface area contributed by atoms with Gasteiger partial charge in [0.1, 0.15) is 5.82 Å². The minimum atomic E-state index is -0.266. The van der Waals surface area contributed by atoms with Crippen LogP contribution in [0.4, 0.5) is 4.39 Å². The molecule has 2 rings (SSSR count). The standard InChI is InChI=1S/C18H25FN2O2/c1-4-9-21(18(22)10-13(2)3)12-16-11-17(20-23-16)14-5-7-15(19)8-6-14/h5-8,13,16H,4,9-12H2,1-3H3. The van der Waals surface area contributed by atoms with Gasteiger partial charge in [-0.3, -0.25) is 4.79 Å². The molecule has 126 valence electrons. The number of hydrogen-bond donors (Lipinski definition) is 0. The number of carbonyl (C=O) groups excluding carboxylic acids is 1. The molecule has 23 heavy (non-hydrogen) atoms. The van der Waals surface area contributed by atoms with Gasteiger partial charge in [-0.2, -0.15) is 0 Å². The maximum atomic E-state index is 13.0. The molecule has 0 bridgehead atoms. The predicted octanol–water partition coefficient (Wildman–Crippen LogP) is 3.60. The third-order valence-electron chi connectivity index (χ3n) is 3.76. The molecular weight excluding hydrogens is 295 g/mol. The largest absolute Gasteiger partial charge is 0.390 e. The van der Waals surface area contributed by atoms with Crippen LogP contribution < -0.4 is 0 Å². The fourth-order valence-electron chi connectivity index (χ4n) is 2.65. The fraction of sp³-hybridized carbons (Fsp3) is 0.556. The summed E-state index contributed by atoms with van der Waals surface area (Å²) >= 11 is 0. The van der Waals surface area contributed by atoms with Crippen molar-refractivity contribution < 1.29 is 14.0 Å². The van der Waals surface area contributed by atoms with Crippen molar-refractivity contribution in [3.8, 4) is 0 Å². The number of amides is 1. The number of oxime groups is 1. The second kappa shape index (κ2) is 8.09. The van der Waals surface area contributed by atoms with Crippen molar-refractivity contribution in [1.29, 1.82) is 0 Å². The Hall–Kier alpha value is -1.91. The minimum absolute atomic E-state index is 0.127. The molecule has 0 saturated heterocycles. The van der Waals surface area contributed by atoms with Crippen LogP contribution in [0, 0.1) is 11.7 Å². The predicted molar refractivity (Wildman–Crippen MR) is 88.8 cm³/mol. The highest BCUT2D eigenvalue weighted by atomic mass is 19.1. The SMILES string of the molecule is CCCN(CC1CC(c2ccc(F)cc2)=NO1)C(=O)CC(C)C. The van der Waals surface area contributed by atoms with Crippen LogP contribution in [0.25, 0.3) is 0 Å². The van der Waals surface area contributed by atoms with Gasteiger partial charge in [-0.05, 0) is 30.0 Å². The first-order valence-corrected chi connectivity index (χ1v) is 8.26. The Kier molecular flexibility index (Phi) is 6.13. The topological polar surface area (TPSA) is 41.9 Å². The molecule has 0 N–H and O–H groups in total. The van der Waals surface area contributed by atoms with E-state index in [1.165, 1.54) is 12.1 Å². The molecule has 0 saturated carbocycles. The minimum Gasteiger partial charge on any atom is -0.390 e. The van der Waals surface area contributed by atoms with Crippen LogP contribution >= 0.6 is 0 Å². The van der Waals surface area contributed by atoms with Crippen molar-refractivity contribution >= 4 is 11.6 Å². The molecule has 0 radical (unpaired) electrons. The highest BCUT2D eigenvalue weighted by Crippen LogP contribution is 2.19. The van der Waals surface area contributed by atoms with Gasteiger partial charge in [0.2, 0.25) is 5.91 Å². The Labute approximate surface area is 137 Å². The maximum absolute atomic E-state index is 13.0. The molecule has 0 fully saturated rings. The zero-order valence-electron chi connectivity index (χ0n) is 14.1. The van der Waals surface area contributed by atoms with E-state index in [1.807, 2.05) is 18.7 Å². The lowest BCUT2D eigenvalue weighted by atomic mass is 10.0. The second-order valence-corrected chi connectivity index (χ2v) is 6.41. The molecule has 1 aliphatic heterocycles. The zero-order valence-corrected chi connectivity index (χ0v) is 14.1. The first-order chi connectivity index (χ1) is 11.0. The van der Waals surface area contributed by atoms with Gasteiger partial charge in [0.25, 0.3) is 0 Å². The van der Waals surface area contributed by atoms with Crippen molar-refractivity contribution in [1.82, 2.24) is 4.90 Å². The highest BCUT2D eigenvalue weighted by molar-refractivity contribution is 6.01. The second-order valence-electron chi connectivity index (χ2n) is 6.41. The molecule has 1 aromatic rings. The van der Waals surface area contributed by atoms with Crippen molar-refractivity contribution in [3.63, 3.8) is 0 Å². The molecule has 4 nitrogen and oxygen atoms in total. The van der Waals surface area contributed by atoms with E-state index in [9.17, 15) is 9.18 Å². The van der Waals surface area contributed by atoms with E-state index < -0.39 is 0 Å². The van der Waals surface area contributed by atoms with Gasteiger partial charge in [0, 0.05) is 19.4 Å². The van der Waals surface area contributed by atoms with Crippen molar-refractivity contribution in [3.05, 3.63) is 35.6 Å². The van der Waals surface area contributed by atoms with Gasteiger partial charge in [-0.15, -0.1) is 0 Å². The van der Waals surface area contributed by atoms with Gasteiger partial charge >= 0.3 is 0 Å². The molecular formula is C18H25FN2O2. The summed E-state index contributed by atoms with van der Waals surface area (Å²) in [6, 6.07) is 6.24. The molecule has 1 unspecified atom stereocenters. The molecule has 0 aliphatic carbocycles. The molecule has 5 heteroatoms. The normalized spacial score (nSPS) is 17.1. The molecule has 1 heterocycles. The summed E-state index contributed by atoms with van der Waals surface area (Å²) in [7, 11) is 0. The van der Waals surface area contributed by atoms with E-state index in [-0.39, 0.29) is 17.8 Å². The Morgan fingerprint density at radius 3 is 2.70 bits per heavy atom. The molecule has 0 spiro atoms. The van der Waals surface area contributed by atoms with Crippen LogP contribution in [0.15, 0.2) is 29.4 Å². The zero-order chi connectivity index (χ0) is 16.8. The number of benzene rings is 1. The van der Waals surface area contributed by atoms with Crippen LogP contribution in [-0.4, -0.2) is 35.7 Å². The van der Waals surface area contributed by atoms with Crippen LogP contribution in [0.1, 0.15) is 45.6 Å². The summed E-state index contributed by atoms with van der Waals surface area (Å²) < 4.78 is 13.0. The lowest BCUT2D eigenvalue weighted by Crippen LogP contribution is -2.38. The summed E-state index contributed by atoms with van der Waals surface area (Å²) in [6.07, 6.45) is 1.99. The van der Waals surface area contributed by atoms with E-state index in [1.54, 1.807) is 12.1 Å². The number of rotatable bonds is 7. The summed E-state index contributed by atoms with van der Waals surface area (Å²) in [6.45, 7) is 7.43. The number of hydrogen-bond acceptors (Lipinski definition) is 3. The molecule has 1 amide bonds. The van der Waals surface area contributed by atoms with Crippen LogP contribution in [0.2, 0.25) is 0 Å². The summed E-state index contributed by atoms with van der Waals surface area (Å²) in [5, 5.41) is 4.11. The Balaban J connectivity index is 1.93. The third kappa shape index (κ3) is 5.05. The lowest BCUT2D eigenvalue weighted by Gasteiger charge is -2.25. The Morgan fingerprint density at radius 1 is 1.39 bits per heavy atom. The van der Waals surface area contributed by atoms with Crippen LogP contribution in [0.5, 0.6) is 0 Å². The van der Waals surface area contributed by atoms with E-state index >= 15 is 0 Å². The smallest absolute Gasteiger partial charge is 0.222 e. The summed E-state index contributed by atoms with van der Waals surface area (Å²) in [5.41, 5.74) is 1.67. The molecule has 0 aromatic heterocycles. The van der Waals surface area contributed by atoms with Crippen LogP contribution in [0.3, 0.4) is 0 Å². The first-order valence-electron chi connectivity index (χ1n) is 8.26. The van der Waals surface area contributed by atoms with Crippen molar-refractivity contribution in [2.45, 2.75) is 46.1 Å². The van der Waals surface area contributed by atoms with E-state index in [2.05, 4.69) is 12.1 Å². The van der Waals surface area contributed by atoms with Gasteiger partial charge in [-0.1, -0.05) is 38.1 Å². The fourth-order valence-corrected chi connectivity index (χ4v) is 2.65. The monoisotopic (exact) mass is 320 g/mol. The average Bonchev–Trinajstić information content (AvgIpc) is 2.95. The van der Waals surface area contributed by atoms with Gasteiger partial charge < -0.3 is 9.74 Å². The van der Waals surface area contributed by atoms with Gasteiger partial charge in [-0.25, -0.2) is 4.39 Å². The Bertz CT molecular complexity index is 555. The highest BCUT2D eigenvalue weighted by Gasteiger charge is 2.26. The summed E-state index contributed by atoms with van der Waals surface area (Å²) in [5.74, 6) is 0.247. The maximum Gasteiger partial charge on any atom is 0.222 e. The average molecular weight is 320 g/mol. The molecule has 1 aliphatic rings. The quantitative estimate of drug-likeness (QED) is 0.770. The van der Waals surface area contributed by atoms with Crippen molar-refractivity contribution in [2.75, 3.05) is 13.1 Å². The van der Waals surface area contributed by atoms with E-state index in [0.717, 1.165) is 24.2 Å². The van der Waals surface area contributed by atoms with E-state index in [0.29, 0.717) is 25.3 Å². The third-order valence-corrected chi connectivity index (χ3v) is 3.76. The number of nitrogens with zero attached hydrogens (tertiary/aromatic N) is 2. The number of halogens is 1. The lowest BCUT2D eigenvalue weighted by molar-refractivity contribution is -0.133. The Morgan fingerprint density at radius 2 is 2.09 bits per heavy atom. The van der Waals surface area contributed by atoms with Crippen LogP contribution in [-0.2, 0) is 9.63 Å². The molecule has 1 aromatic carbocycles. The van der Waals surface area contributed by atoms with E-state index in [4.69, 9.17) is 4.84 Å². The van der Waals surface area contributed by atoms with Gasteiger partial charge in [0.15, 0.2) is 6.10 Å². The molecule has 1 atom stereocenters. The van der Waals surface area contributed by atoms with Gasteiger partial charge in [0.05, 0.1) is 12.3 Å². The summed E-state index contributed by atoms with van der Waals surface area (Å²) in [4.78, 5) is 19.7. The number of carbonyl (C=O) groups is 1.